The first kappa shape index (κ1) is 290. The van der Waals surface area contributed by atoms with Crippen LogP contribution < -0.4 is 0 Å². The minimum Gasteiger partial charge on any atom is -3.00 e. The third kappa shape index (κ3) is 134. The van der Waals surface area contributed by atoms with Crippen LogP contribution in [-0.2, 0) is 55.7 Å². The number of nitrogens with zero attached hydrogens (tertiary/aromatic N) is 5. The minimum atomic E-state index is 0. The van der Waals surface area contributed by atoms with Gasteiger partial charge in [-0.1, -0.05) is 0 Å². The van der Waals surface area contributed by atoms with E-state index in [1.165, 1.54) is 0 Å². The maximum atomic E-state index is 0. The molecule has 0 heterocycles. The zero-order valence-corrected chi connectivity index (χ0v) is 7.77. The smallest absolute Gasteiger partial charge is 3.00 e. The first-order valence-electron chi connectivity index (χ1n) is 0. The van der Waals surface area contributed by atoms with Gasteiger partial charge in [0.15, 0.2) is 0 Å². The molecule has 0 aromatic heterocycles. The van der Waals surface area contributed by atoms with Crippen molar-refractivity contribution in [3.63, 3.8) is 0 Å². The van der Waals surface area contributed by atoms with E-state index in [0.717, 1.165) is 0 Å². The Balaban J connectivity index is 0. The third-order valence-electron chi connectivity index (χ3n) is 0. The van der Waals surface area contributed by atoms with Gasteiger partial charge in [-0.25, -0.2) is 0 Å². The summed E-state index contributed by atoms with van der Waals surface area (Å²) in [4.78, 5) is 0. The van der Waals surface area contributed by atoms with E-state index in [9.17, 15) is 0 Å². The van der Waals surface area contributed by atoms with Crippen molar-refractivity contribution in [3.05, 3.63) is 30.8 Å². The Hall–Kier alpha value is 1.55. The quantitative estimate of drug-likeness (QED) is 0.582. The van der Waals surface area contributed by atoms with Crippen LogP contribution in [0.3, 0.4) is 0 Å². The average molecular weight is 223 g/mol. The van der Waals surface area contributed by atoms with Crippen LogP contribution in [0, 0.1) is 0 Å². The number of hydrogen-bond donors (Lipinski definition) is 0. The fourth-order valence-corrected chi connectivity index (χ4v) is 0. The van der Waals surface area contributed by atoms with Gasteiger partial charge in [0.2, 0.25) is 0 Å². The summed E-state index contributed by atoms with van der Waals surface area (Å²) in [6.07, 6.45) is 0. The second kappa shape index (κ2) is 202. The molecule has 0 spiro atoms. The summed E-state index contributed by atoms with van der Waals surface area (Å²) in [6, 6.07) is 0. The Labute approximate surface area is 86.1 Å². The second-order valence-corrected chi connectivity index (χ2v) is 0. The SMILES string of the molecule is [N-3].[N-3].[N-3].[N-3].[N-3].[V+5].[V+5].[V+5]. The van der Waals surface area contributed by atoms with E-state index < -0.39 is 0 Å². The van der Waals surface area contributed by atoms with Crippen molar-refractivity contribution in [1.82, 2.24) is 0 Å². The van der Waals surface area contributed by atoms with Crippen LogP contribution in [0.5, 0.6) is 0 Å². The Morgan fingerprint density at radius 2 is 0.250 bits per heavy atom. The van der Waals surface area contributed by atoms with E-state index in [0.29, 0.717) is 0 Å². The zero-order chi connectivity index (χ0) is 0. The standard InChI is InChI=1S/5N.3V/q5*-3;3*+5. The van der Waals surface area contributed by atoms with Crippen LogP contribution in [0.1, 0.15) is 0 Å². The van der Waals surface area contributed by atoms with Gasteiger partial charge in [-0.3, -0.25) is 0 Å². The molecule has 0 unspecified atom stereocenters. The first-order valence-corrected chi connectivity index (χ1v) is 0. The second-order valence-electron chi connectivity index (χ2n) is 0. The molecule has 0 radical (unpaired) electrons. The predicted molar refractivity (Wildman–Crippen MR) is 16.8 cm³/mol. The van der Waals surface area contributed by atoms with Gasteiger partial charge in [0.05, 0.1) is 0 Å². The Kier molecular flexibility index (Phi) is 7320. The number of rotatable bonds is 0. The molecule has 0 saturated heterocycles. The van der Waals surface area contributed by atoms with Crippen LogP contribution in [0.25, 0.3) is 30.8 Å². The summed E-state index contributed by atoms with van der Waals surface area (Å²) in [5.41, 5.74) is 0. The zero-order valence-electron chi connectivity index (χ0n) is 3.58. The molecule has 0 amide bonds. The Morgan fingerprint density at radius 3 is 0.250 bits per heavy atom. The van der Waals surface area contributed by atoms with Crippen molar-refractivity contribution in [2.75, 3.05) is 0 Å². The molecule has 8 heteroatoms. The predicted octanol–water partition coefficient (Wildman–Crippen LogP) is 1.44. The molecule has 0 aliphatic heterocycles. The largest absolute Gasteiger partial charge is 5.00 e. The van der Waals surface area contributed by atoms with Gasteiger partial charge < -0.3 is 30.8 Å². The summed E-state index contributed by atoms with van der Waals surface area (Å²) in [5.74, 6) is 0. The normalized spacial score (nSPS) is 0. The van der Waals surface area contributed by atoms with Gasteiger partial charge in [-0.15, -0.1) is 0 Å². The third-order valence-corrected chi connectivity index (χ3v) is 0. The van der Waals surface area contributed by atoms with Crippen molar-refractivity contribution in [1.29, 1.82) is 0 Å². The van der Waals surface area contributed by atoms with Crippen molar-refractivity contribution in [2.45, 2.75) is 0 Å². The fourth-order valence-electron chi connectivity index (χ4n) is 0. The van der Waals surface area contributed by atoms with Gasteiger partial charge >= 0.3 is 55.7 Å². The summed E-state index contributed by atoms with van der Waals surface area (Å²) < 4.78 is 0. The van der Waals surface area contributed by atoms with E-state index in [-0.39, 0.29) is 86.4 Å². The molecule has 0 aliphatic rings. The summed E-state index contributed by atoms with van der Waals surface area (Å²) >= 11 is 0. The van der Waals surface area contributed by atoms with E-state index in [4.69, 9.17) is 0 Å². The molecule has 0 bridgehead atoms. The fraction of sp³-hybridized carbons (Fsp3) is 0. The molecule has 8 heavy (non-hydrogen) atoms. The molecule has 0 N–H and O–H groups in total. The molecule has 0 fully saturated rings. The van der Waals surface area contributed by atoms with Gasteiger partial charge in [0.1, 0.15) is 0 Å². The molecule has 0 atom stereocenters. The van der Waals surface area contributed by atoms with Crippen LogP contribution in [0.4, 0.5) is 0 Å². The molecular weight excluding hydrogens is 223 g/mol. The van der Waals surface area contributed by atoms with Gasteiger partial charge in [-0.2, -0.15) is 0 Å². The minimum absolute atomic E-state index is 0. The maximum Gasteiger partial charge on any atom is 5.00 e. The summed E-state index contributed by atoms with van der Waals surface area (Å²) in [7, 11) is 0. The van der Waals surface area contributed by atoms with Crippen molar-refractivity contribution < 1.29 is 55.7 Å². The molecule has 5 nitrogen and oxygen atoms in total. The molecular formula is N5V3. The van der Waals surface area contributed by atoms with E-state index >= 15 is 0 Å². The topological polar surface area (TPSA) is 152 Å². The van der Waals surface area contributed by atoms with Crippen LogP contribution in [0.2, 0.25) is 0 Å². The van der Waals surface area contributed by atoms with Gasteiger partial charge in [0, 0.05) is 0 Å². The van der Waals surface area contributed by atoms with Crippen molar-refractivity contribution in [2.24, 2.45) is 0 Å². The average Bonchev–Trinajstić information content (AvgIpc) is 0. The van der Waals surface area contributed by atoms with Crippen LogP contribution >= 0.6 is 0 Å². The van der Waals surface area contributed by atoms with Crippen molar-refractivity contribution >= 4 is 0 Å². The van der Waals surface area contributed by atoms with E-state index in [2.05, 4.69) is 0 Å². The van der Waals surface area contributed by atoms with Gasteiger partial charge in [0.25, 0.3) is 0 Å². The molecule has 0 aromatic rings. The molecule has 0 aromatic carbocycles. The summed E-state index contributed by atoms with van der Waals surface area (Å²) in [6.45, 7) is 0. The Bertz CT molecular complexity index is 7.64. The van der Waals surface area contributed by atoms with E-state index in [1.54, 1.807) is 0 Å². The maximum absolute atomic E-state index is 0. The molecule has 40 valence electrons. The molecule has 0 saturated carbocycles. The molecule has 0 aliphatic carbocycles. The first-order chi connectivity index (χ1) is 0. The van der Waals surface area contributed by atoms with Crippen molar-refractivity contribution in [3.8, 4) is 0 Å². The Morgan fingerprint density at radius 1 is 0.250 bits per heavy atom. The van der Waals surface area contributed by atoms with Crippen LogP contribution in [0.15, 0.2) is 0 Å². The van der Waals surface area contributed by atoms with Gasteiger partial charge in [-0.05, 0) is 0 Å². The monoisotopic (exact) mass is 223 g/mol. The summed E-state index contributed by atoms with van der Waals surface area (Å²) in [5, 5.41) is 0. The van der Waals surface area contributed by atoms with E-state index in [1.807, 2.05) is 0 Å². The molecule has 0 rings (SSSR count). The number of hydrogen-bond acceptors (Lipinski definition) is 0. The van der Waals surface area contributed by atoms with Crippen LogP contribution in [-0.4, -0.2) is 0 Å².